The van der Waals surface area contributed by atoms with Gasteiger partial charge in [-0.3, -0.25) is 4.79 Å². The molecule has 216 valence electrons. The molecule has 9 nitrogen and oxygen atoms in total. The summed E-state index contributed by atoms with van der Waals surface area (Å²) in [6, 6.07) is 30.9. The predicted molar refractivity (Wildman–Crippen MR) is 159 cm³/mol. The number of hydrogen-bond donors (Lipinski definition) is 1. The number of hydrogen-bond acceptors (Lipinski definition) is 7. The van der Waals surface area contributed by atoms with Crippen LogP contribution in [-0.4, -0.2) is 51.1 Å². The maximum atomic E-state index is 13.0. The monoisotopic (exact) mass is 585 g/mol. The molecule has 10 heteroatoms. The molecule has 1 aliphatic rings. The lowest BCUT2D eigenvalue weighted by Gasteiger charge is -2.26. The zero-order chi connectivity index (χ0) is 29.2. The van der Waals surface area contributed by atoms with E-state index < -0.39 is 15.9 Å². The van der Waals surface area contributed by atoms with Crippen LogP contribution >= 0.6 is 0 Å². The molecule has 0 aromatic heterocycles. The number of carbonyl (C=O) groups is 1. The Bertz CT molecular complexity index is 1620. The van der Waals surface area contributed by atoms with Crippen molar-refractivity contribution in [3.63, 3.8) is 0 Å². The Morgan fingerprint density at radius 3 is 2.12 bits per heavy atom. The highest BCUT2D eigenvalue weighted by Crippen LogP contribution is 2.30. The first-order valence-corrected chi connectivity index (χ1v) is 14.9. The highest BCUT2D eigenvalue weighted by Gasteiger charge is 2.26. The van der Waals surface area contributed by atoms with Crippen molar-refractivity contribution in [2.75, 3.05) is 26.3 Å². The zero-order valence-corrected chi connectivity index (χ0v) is 23.7. The fourth-order valence-electron chi connectivity index (χ4n) is 4.27. The van der Waals surface area contributed by atoms with Gasteiger partial charge in [0.1, 0.15) is 13.2 Å². The Balaban J connectivity index is 1.27. The first-order chi connectivity index (χ1) is 20.5. The van der Waals surface area contributed by atoms with Gasteiger partial charge in [-0.1, -0.05) is 66.7 Å². The summed E-state index contributed by atoms with van der Waals surface area (Å²) in [6.45, 7) is 1.96. The van der Waals surface area contributed by atoms with E-state index in [0.29, 0.717) is 43.5 Å². The quantitative estimate of drug-likeness (QED) is 0.203. The first-order valence-electron chi connectivity index (χ1n) is 13.5. The molecule has 0 saturated carbocycles. The Morgan fingerprint density at radius 2 is 1.45 bits per heavy atom. The minimum Gasteiger partial charge on any atom is -0.485 e. The van der Waals surface area contributed by atoms with Gasteiger partial charge in [-0.15, -0.1) is 0 Å². The smallest absolute Gasteiger partial charge is 0.271 e. The van der Waals surface area contributed by atoms with Crippen LogP contribution in [-0.2, 0) is 28.0 Å². The predicted octanol–water partition coefficient (Wildman–Crippen LogP) is 4.63. The van der Waals surface area contributed by atoms with E-state index in [2.05, 4.69) is 10.5 Å². The van der Waals surface area contributed by atoms with Crippen LogP contribution in [0, 0.1) is 0 Å². The fourth-order valence-corrected chi connectivity index (χ4v) is 5.73. The molecule has 1 fully saturated rings. The average Bonchev–Trinajstić information content (AvgIpc) is 3.04. The van der Waals surface area contributed by atoms with E-state index in [0.717, 1.165) is 11.1 Å². The summed E-state index contributed by atoms with van der Waals surface area (Å²) in [5.74, 6) is 0.578. The lowest BCUT2D eigenvalue weighted by atomic mass is 10.2. The molecule has 1 N–H and O–H groups in total. The van der Waals surface area contributed by atoms with Crippen molar-refractivity contribution in [3.05, 3.63) is 125 Å². The normalized spacial score (nSPS) is 14.0. The molecular formula is C32H31N3O6S. The van der Waals surface area contributed by atoms with Crippen LogP contribution in [0.5, 0.6) is 11.5 Å². The first kappa shape index (κ1) is 29.0. The number of carbonyl (C=O) groups excluding carboxylic acids is 1. The molecule has 4 aromatic rings. The van der Waals surface area contributed by atoms with E-state index >= 15 is 0 Å². The lowest BCUT2D eigenvalue weighted by Crippen LogP contribution is -2.40. The molecule has 4 aromatic carbocycles. The third-order valence-corrected chi connectivity index (χ3v) is 8.42. The Kier molecular flexibility index (Phi) is 9.60. The van der Waals surface area contributed by atoms with Gasteiger partial charge in [-0.05, 0) is 53.1 Å². The SMILES string of the molecule is O=C(N/N=C\c1ccc(OCc2ccccc2)c(OCc2ccccc2)c1)c1cccc(S(=O)(=O)N2CCOCC2)c1. The highest BCUT2D eigenvalue weighted by atomic mass is 32.2. The highest BCUT2D eigenvalue weighted by molar-refractivity contribution is 7.89. The molecule has 0 atom stereocenters. The van der Waals surface area contributed by atoms with Crippen molar-refractivity contribution in [2.24, 2.45) is 5.10 Å². The lowest BCUT2D eigenvalue weighted by molar-refractivity contribution is 0.0730. The van der Waals surface area contributed by atoms with E-state index in [-0.39, 0.29) is 23.5 Å². The number of ether oxygens (including phenoxy) is 3. The fraction of sp³-hybridized carbons (Fsp3) is 0.188. The van der Waals surface area contributed by atoms with Gasteiger partial charge in [-0.25, -0.2) is 13.8 Å². The largest absolute Gasteiger partial charge is 0.485 e. The van der Waals surface area contributed by atoms with E-state index in [4.69, 9.17) is 14.2 Å². The van der Waals surface area contributed by atoms with E-state index in [1.165, 1.54) is 34.8 Å². The van der Waals surface area contributed by atoms with Crippen LogP contribution in [0.15, 0.2) is 113 Å². The van der Waals surface area contributed by atoms with Gasteiger partial charge < -0.3 is 14.2 Å². The summed E-state index contributed by atoms with van der Waals surface area (Å²) in [6.07, 6.45) is 1.49. The van der Waals surface area contributed by atoms with Gasteiger partial charge >= 0.3 is 0 Å². The molecule has 42 heavy (non-hydrogen) atoms. The molecule has 0 aliphatic carbocycles. The molecule has 5 rings (SSSR count). The molecular weight excluding hydrogens is 554 g/mol. The van der Waals surface area contributed by atoms with Crippen molar-refractivity contribution >= 4 is 22.1 Å². The van der Waals surface area contributed by atoms with Crippen LogP contribution in [0.3, 0.4) is 0 Å². The minimum atomic E-state index is -3.73. The minimum absolute atomic E-state index is 0.0485. The van der Waals surface area contributed by atoms with Crippen molar-refractivity contribution in [3.8, 4) is 11.5 Å². The summed E-state index contributed by atoms with van der Waals surface area (Å²) in [5.41, 5.74) is 5.37. The molecule has 0 bridgehead atoms. The molecule has 1 heterocycles. The molecule has 1 amide bonds. The Labute approximate surface area is 245 Å². The number of hydrazone groups is 1. The van der Waals surface area contributed by atoms with Crippen molar-refractivity contribution < 1.29 is 27.4 Å². The van der Waals surface area contributed by atoms with Crippen LogP contribution in [0.2, 0.25) is 0 Å². The van der Waals surface area contributed by atoms with E-state index in [1.54, 1.807) is 18.2 Å². The molecule has 1 aliphatic heterocycles. The molecule has 0 radical (unpaired) electrons. The summed E-state index contributed by atoms with van der Waals surface area (Å²) in [7, 11) is -3.73. The second kappa shape index (κ2) is 13.9. The topological polar surface area (TPSA) is 107 Å². The number of morpholine rings is 1. The third-order valence-electron chi connectivity index (χ3n) is 6.53. The second-order valence-corrected chi connectivity index (χ2v) is 11.4. The number of benzene rings is 4. The summed E-state index contributed by atoms with van der Waals surface area (Å²) < 4.78 is 44.7. The standard InChI is InChI=1S/C32H31N3O6S/c36-32(28-12-7-13-29(21-28)42(37,38)35-16-18-39-19-17-35)34-33-22-27-14-15-30(40-23-25-8-3-1-4-9-25)31(20-27)41-24-26-10-5-2-6-11-26/h1-15,20-22H,16-19,23-24H2,(H,34,36)/b33-22-. The van der Waals surface area contributed by atoms with Gasteiger partial charge in [0.25, 0.3) is 5.91 Å². The summed E-state index contributed by atoms with van der Waals surface area (Å²) in [4.78, 5) is 12.8. The molecule has 1 saturated heterocycles. The van der Waals surface area contributed by atoms with Gasteiger partial charge in [-0.2, -0.15) is 9.41 Å². The zero-order valence-electron chi connectivity index (χ0n) is 22.9. The molecule has 0 spiro atoms. The second-order valence-electron chi connectivity index (χ2n) is 9.50. The van der Waals surface area contributed by atoms with Crippen LogP contribution in [0.4, 0.5) is 0 Å². The number of rotatable bonds is 11. The van der Waals surface area contributed by atoms with Crippen molar-refractivity contribution in [2.45, 2.75) is 18.1 Å². The number of sulfonamides is 1. The Hall–Kier alpha value is -4.51. The van der Waals surface area contributed by atoms with Crippen molar-refractivity contribution in [1.82, 2.24) is 9.73 Å². The third kappa shape index (κ3) is 7.61. The van der Waals surface area contributed by atoms with Crippen LogP contribution < -0.4 is 14.9 Å². The van der Waals surface area contributed by atoms with Crippen LogP contribution in [0.25, 0.3) is 0 Å². The van der Waals surface area contributed by atoms with Gasteiger partial charge in [0, 0.05) is 18.7 Å². The average molecular weight is 586 g/mol. The maximum Gasteiger partial charge on any atom is 0.271 e. The number of amides is 1. The van der Waals surface area contributed by atoms with Crippen LogP contribution in [0.1, 0.15) is 27.0 Å². The Morgan fingerprint density at radius 1 is 0.810 bits per heavy atom. The van der Waals surface area contributed by atoms with E-state index in [9.17, 15) is 13.2 Å². The van der Waals surface area contributed by atoms with Crippen molar-refractivity contribution in [1.29, 1.82) is 0 Å². The van der Waals surface area contributed by atoms with Gasteiger partial charge in [0.15, 0.2) is 11.5 Å². The van der Waals surface area contributed by atoms with E-state index in [1.807, 2.05) is 60.7 Å². The number of nitrogens with zero attached hydrogens (tertiary/aromatic N) is 2. The molecule has 0 unspecified atom stereocenters. The number of nitrogens with one attached hydrogen (secondary N) is 1. The maximum absolute atomic E-state index is 13.0. The summed E-state index contributed by atoms with van der Waals surface area (Å²) >= 11 is 0. The van der Waals surface area contributed by atoms with Gasteiger partial charge in [0.05, 0.1) is 24.3 Å². The van der Waals surface area contributed by atoms with Gasteiger partial charge in [0.2, 0.25) is 10.0 Å². The summed E-state index contributed by atoms with van der Waals surface area (Å²) in [5, 5.41) is 4.08.